The summed E-state index contributed by atoms with van der Waals surface area (Å²) in [5.41, 5.74) is 3.47. The van der Waals surface area contributed by atoms with E-state index in [2.05, 4.69) is 10.6 Å². The fraction of sp³-hybridized carbons (Fsp3) is 0.175. The lowest BCUT2D eigenvalue weighted by Gasteiger charge is -2.26. The quantitative estimate of drug-likeness (QED) is 0.126. The summed E-state index contributed by atoms with van der Waals surface area (Å²) in [6.07, 6.45) is -1.71. The minimum atomic E-state index is -1.74. The average Bonchev–Trinajstić information content (AvgIpc) is 3.16. The van der Waals surface area contributed by atoms with E-state index >= 15 is 0 Å². The van der Waals surface area contributed by atoms with Crippen molar-refractivity contribution >= 4 is 17.8 Å². The van der Waals surface area contributed by atoms with E-state index in [4.69, 9.17) is 14.2 Å². The van der Waals surface area contributed by atoms with Crippen LogP contribution in [0.25, 0.3) is 0 Å². The van der Waals surface area contributed by atoms with E-state index in [1.807, 2.05) is 60.7 Å². The lowest BCUT2D eigenvalue weighted by molar-refractivity contribution is -0.146. The molecule has 9 nitrogen and oxygen atoms in total. The van der Waals surface area contributed by atoms with Crippen LogP contribution in [0.4, 0.5) is 0 Å². The van der Waals surface area contributed by atoms with Gasteiger partial charge in [0.2, 0.25) is 0 Å². The maximum atomic E-state index is 13.5. The zero-order valence-corrected chi connectivity index (χ0v) is 27.0. The molecule has 49 heavy (non-hydrogen) atoms. The van der Waals surface area contributed by atoms with Crippen molar-refractivity contribution < 1.29 is 33.7 Å². The highest BCUT2D eigenvalue weighted by Gasteiger charge is 2.33. The van der Waals surface area contributed by atoms with Crippen molar-refractivity contribution in [3.63, 3.8) is 0 Å². The van der Waals surface area contributed by atoms with Crippen molar-refractivity contribution in [2.45, 2.75) is 37.8 Å². The molecule has 0 heterocycles. The van der Waals surface area contributed by atoms with Gasteiger partial charge in [-0.15, -0.1) is 0 Å². The first-order valence-corrected chi connectivity index (χ1v) is 15.8. The van der Waals surface area contributed by atoms with Gasteiger partial charge >= 0.3 is 5.97 Å². The van der Waals surface area contributed by atoms with Crippen LogP contribution in [-0.4, -0.2) is 42.1 Å². The molecule has 0 aliphatic rings. The molecular weight excluding hydrogens is 620 g/mol. The molecule has 0 unspecified atom stereocenters. The van der Waals surface area contributed by atoms with E-state index < -0.39 is 36.0 Å². The van der Waals surface area contributed by atoms with Crippen LogP contribution in [0.15, 0.2) is 140 Å². The fourth-order valence-electron chi connectivity index (χ4n) is 5.18. The molecule has 0 aliphatic heterocycles. The first kappa shape index (κ1) is 34.4. The SMILES string of the molecule is COC(=O)[C@@H](Cc1ccc(OCc2ccccc2)c(OCc2ccccc2)c1)NC(=O)[C@H](O)[C@@H](NC(=O)c1ccccc1)c1ccccc1. The van der Waals surface area contributed by atoms with Crippen molar-refractivity contribution in [1.29, 1.82) is 0 Å². The van der Waals surface area contributed by atoms with Crippen molar-refractivity contribution in [3.8, 4) is 11.5 Å². The Hall–Kier alpha value is -5.93. The van der Waals surface area contributed by atoms with Crippen molar-refractivity contribution in [2.24, 2.45) is 0 Å². The maximum Gasteiger partial charge on any atom is 0.328 e. The summed E-state index contributed by atoms with van der Waals surface area (Å²) in [5, 5.41) is 16.7. The Bertz CT molecular complexity index is 1800. The summed E-state index contributed by atoms with van der Waals surface area (Å²) in [6, 6.07) is 39.6. The highest BCUT2D eigenvalue weighted by molar-refractivity contribution is 5.95. The van der Waals surface area contributed by atoms with Crippen LogP contribution in [0.1, 0.15) is 38.7 Å². The molecule has 2 amide bonds. The number of amides is 2. The van der Waals surface area contributed by atoms with Gasteiger partial charge in [0.25, 0.3) is 11.8 Å². The van der Waals surface area contributed by atoms with Gasteiger partial charge in [-0.3, -0.25) is 9.59 Å². The Morgan fingerprint density at radius 2 is 1.16 bits per heavy atom. The van der Waals surface area contributed by atoms with E-state index in [1.165, 1.54) is 7.11 Å². The summed E-state index contributed by atoms with van der Waals surface area (Å²) in [6.45, 7) is 0.606. The number of nitrogens with one attached hydrogen (secondary N) is 2. The van der Waals surface area contributed by atoms with Crippen LogP contribution in [0.5, 0.6) is 11.5 Å². The molecule has 9 heteroatoms. The number of carbonyl (C=O) groups is 3. The second kappa shape index (κ2) is 17.3. The zero-order chi connectivity index (χ0) is 34.4. The third kappa shape index (κ3) is 9.79. The van der Waals surface area contributed by atoms with Gasteiger partial charge in [-0.2, -0.15) is 0 Å². The first-order chi connectivity index (χ1) is 23.9. The molecule has 0 spiro atoms. The molecule has 0 fully saturated rings. The summed E-state index contributed by atoms with van der Waals surface area (Å²) >= 11 is 0. The van der Waals surface area contributed by atoms with Gasteiger partial charge in [0.05, 0.1) is 13.2 Å². The Kier molecular flexibility index (Phi) is 12.1. The molecule has 5 aromatic carbocycles. The van der Waals surface area contributed by atoms with Crippen LogP contribution in [-0.2, 0) is 34.0 Å². The van der Waals surface area contributed by atoms with Gasteiger partial charge in [-0.05, 0) is 46.5 Å². The lowest BCUT2D eigenvalue weighted by Crippen LogP contribution is -2.51. The number of methoxy groups -OCH3 is 1. The van der Waals surface area contributed by atoms with Gasteiger partial charge in [-0.25, -0.2) is 4.79 Å². The van der Waals surface area contributed by atoms with Gasteiger partial charge in [0.15, 0.2) is 17.6 Å². The van der Waals surface area contributed by atoms with Crippen molar-refractivity contribution in [1.82, 2.24) is 10.6 Å². The molecule has 250 valence electrons. The number of aliphatic hydroxyl groups excluding tert-OH is 1. The minimum absolute atomic E-state index is 0.0260. The van der Waals surface area contributed by atoms with Crippen molar-refractivity contribution in [3.05, 3.63) is 167 Å². The molecule has 5 aromatic rings. The van der Waals surface area contributed by atoms with Gasteiger partial charge in [-0.1, -0.05) is 115 Å². The van der Waals surface area contributed by atoms with E-state index in [0.29, 0.717) is 34.8 Å². The Balaban J connectivity index is 1.34. The Morgan fingerprint density at radius 1 is 0.633 bits per heavy atom. The number of aliphatic hydroxyl groups is 1. The Morgan fingerprint density at radius 3 is 1.73 bits per heavy atom. The summed E-state index contributed by atoms with van der Waals surface area (Å²) in [4.78, 5) is 39.5. The van der Waals surface area contributed by atoms with E-state index in [9.17, 15) is 19.5 Å². The molecular formula is C40H38N2O7. The summed E-state index contributed by atoms with van der Waals surface area (Å²) in [7, 11) is 1.22. The monoisotopic (exact) mass is 658 g/mol. The summed E-state index contributed by atoms with van der Waals surface area (Å²) < 4.78 is 17.3. The van der Waals surface area contributed by atoms with Crippen LogP contribution < -0.4 is 20.1 Å². The first-order valence-electron chi connectivity index (χ1n) is 15.8. The predicted molar refractivity (Wildman–Crippen MR) is 185 cm³/mol. The molecule has 5 rings (SSSR count). The third-order valence-electron chi connectivity index (χ3n) is 7.79. The van der Waals surface area contributed by atoms with Crippen molar-refractivity contribution in [2.75, 3.05) is 7.11 Å². The molecule has 0 aliphatic carbocycles. The number of ether oxygens (including phenoxy) is 3. The smallest absolute Gasteiger partial charge is 0.328 e. The Labute approximate surface area is 285 Å². The zero-order valence-electron chi connectivity index (χ0n) is 27.0. The molecule has 0 saturated carbocycles. The average molecular weight is 659 g/mol. The molecule has 0 bridgehead atoms. The highest BCUT2D eigenvalue weighted by atomic mass is 16.5. The van der Waals surface area contributed by atoms with Gasteiger partial charge < -0.3 is 30.0 Å². The minimum Gasteiger partial charge on any atom is -0.485 e. The molecule has 3 N–H and O–H groups in total. The van der Waals surface area contributed by atoms with E-state index in [0.717, 1.165) is 11.1 Å². The molecule has 0 aromatic heterocycles. The number of carbonyl (C=O) groups excluding carboxylic acids is 3. The third-order valence-corrected chi connectivity index (χ3v) is 7.79. The van der Waals surface area contributed by atoms with Crippen LogP contribution >= 0.6 is 0 Å². The predicted octanol–water partition coefficient (Wildman–Crippen LogP) is 5.58. The second-order valence-corrected chi connectivity index (χ2v) is 11.3. The number of hydrogen-bond donors (Lipinski definition) is 3. The second-order valence-electron chi connectivity index (χ2n) is 11.3. The van der Waals surface area contributed by atoms with Gasteiger partial charge in [0, 0.05) is 12.0 Å². The fourth-order valence-corrected chi connectivity index (χ4v) is 5.18. The van der Waals surface area contributed by atoms with Crippen LogP contribution in [0.3, 0.4) is 0 Å². The highest BCUT2D eigenvalue weighted by Crippen LogP contribution is 2.31. The number of esters is 1. The topological polar surface area (TPSA) is 123 Å². The molecule has 3 atom stereocenters. The normalized spacial score (nSPS) is 12.5. The van der Waals surface area contributed by atoms with E-state index in [-0.39, 0.29) is 13.0 Å². The number of hydrogen-bond acceptors (Lipinski definition) is 7. The maximum absolute atomic E-state index is 13.5. The largest absolute Gasteiger partial charge is 0.485 e. The number of benzene rings is 5. The van der Waals surface area contributed by atoms with Crippen LogP contribution in [0, 0.1) is 0 Å². The summed E-state index contributed by atoms with van der Waals surface area (Å²) in [5.74, 6) is -1.07. The standard InChI is InChI=1S/C40H38N2O7/c1-47-40(46)33(41-39(45)37(43)36(31-18-10-4-11-19-31)42-38(44)32-20-12-5-13-21-32)24-30-22-23-34(48-26-28-14-6-2-7-15-28)35(25-30)49-27-29-16-8-3-9-17-29/h2-23,25,33,36-37,43H,24,26-27H2,1H3,(H,41,45)(H,42,44)/t33-,36+,37-/m1/s1. The molecule has 0 saturated heterocycles. The lowest BCUT2D eigenvalue weighted by atomic mass is 9.99. The molecule has 0 radical (unpaired) electrons. The number of rotatable bonds is 15. The van der Waals surface area contributed by atoms with E-state index in [1.54, 1.807) is 78.9 Å². The van der Waals surface area contributed by atoms with Crippen LogP contribution in [0.2, 0.25) is 0 Å². The van der Waals surface area contributed by atoms with Gasteiger partial charge in [0.1, 0.15) is 19.3 Å².